The van der Waals surface area contributed by atoms with Crippen molar-refractivity contribution in [2.24, 2.45) is 5.73 Å². The zero-order valence-corrected chi connectivity index (χ0v) is 10.3. The molecule has 3 aromatic rings. The average molecular weight is 257 g/mol. The summed E-state index contributed by atoms with van der Waals surface area (Å²) in [5, 5.41) is 5.92. The third-order valence-electron chi connectivity index (χ3n) is 2.61. The minimum absolute atomic E-state index is 0.382. The fraction of sp³-hybridized carbons (Fsp3) is 0.0769. The normalized spacial score (nSPS) is 12.5. The monoisotopic (exact) mass is 257 g/mol. The first-order chi connectivity index (χ1) is 8.84. The molecule has 1 aromatic carbocycles. The highest BCUT2D eigenvalue weighted by Gasteiger charge is 2.17. The Hall–Kier alpha value is -1.98. The third kappa shape index (κ3) is 2.05. The third-order valence-corrected chi connectivity index (χ3v) is 3.47. The zero-order valence-electron chi connectivity index (χ0n) is 9.48. The maximum atomic E-state index is 6.09. The number of hydrogen-bond donors (Lipinski definition) is 1. The number of aromatic nitrogens is 2. The second-order valence-corrected chi connectivity index (χ2v) is 4.77. The van der Waals surface area contributed by atoms with E-state index in [9.17, 15) is 0 Å². The lowest BCUT2D eigenvalue weighted by molar-refractivity contribution is 0.367. The molecule has 2 N–H and O–H groups in total. The van der Waals surface area contributed by atoms with E-state index in [0.717, 1.165) is 10.4 Å². The molecule has 4 nitrogen and oxygen atoms in total. The van der Waals surface area contributed by atoms with E-state index in [1.165, 1.54) is 0 Å². The van der Waals surface area contributed by atoms with Crippen LogP contribution in [0.25, 0.3) is 10.7 Å². The molecule has 0 spiro atoms. The summed E-state index contributed by atoms with van der Waals surface area (Å²) in [5.41, 5.74) is 7.05. The zero-order chi connectivity index (χ0) is 12.4. The van der Waals surface area contributed by atoms with Crippen molar-refractivity contribution in [2.75, 3.05) is 0 Å². The van der Waals surface area contributed by atoms with Gasteiger partial charge in [0.15, 0.2) is 0 Å². The summed E-state index contributed by atoms with van der Waals surface area (Å²) in [4.78, 5) is 5.31. The number of rotatable bonds is 3. The van der Waals surface area contributed by atoms with E-state index in [0.29, 0.717) is 11.7 Å². The van der Waals surface area contributed by atoms with E-state index in [2.05, 4.69) is 10.1 Å². The lowest BCUT2D eigenvalue weighted by Gasteiger charge is -2.05. The van der Waals surface area contributed by atoms with Crippen molar-refractivity contribution >= 4 is 11.3 Å². The Morgan fingerprint density at radius 3 is 2.67 bits per heavy atom. The predicted octanol–water partition coefficient (Wildman–Crippen LogP) is 2.85. The minimum atomic E-state index is -0.382. The number of nitrogens with two attached hydrogens (primary N) is 1. The van der Waals surface area contributed by atoms with Gasteiger partial charge in [-0.15, -0.1) is 11.3 Å². The van der Waals surface area contributed by atoms with Crippen LogP contribution in [0.2, 0.25) is 0 Å². The van der Waals surface area contributed by atoms with Gasteiger partial charge in [-0.2, -0.15) is 4.98 Å². The van der Waals surface area contributed by atoms with Crippen LogP contribution in [-0.2, 0) is 0 Å². The summed E-state index contributed by atoms with van der Waals surface area (Å²) >= 11 is 1.57. The fourth-order valence-electron chi connectivity index (χ4n) is 1.67. The Labute approximate surface area is 108 Å². The SMILES string of the molecule is N[C@@H](c1ccccc1)c1nc(-c2cccs2)no1. The van der Waals surface area contributed by atoms with Gasteiger partial charge in [-0.25, -0.2) is 0 Å². The molecule has 0 amide bonds. The summed E-state index contributed by atoms with van der Waals surface area (Å²) in [6.45, 7) is 0. The lowest BCUT2D eigenvalue weighted by atomic mass is 10.1. The quantitative estimate of drug-likeness (QED) is 0.783. The first-order valence-electron chi connectivity index (χ1n) is 5.52. The van der Waals surface area contributed by atoms with Crippen LogP contribution in [0, 0.1) is 0 Å². The second kappa shape index (κ2) is 4.72. The van der Waals surface area contributed by atoms with E-state index >= 15 is 0 Å². The summed E-state index contributed by atoms with van der Waals surface area (Å²) in [6.07, 6.45) is 0. The predicted molar refractivity (Wildman–Crippen MR) is 70.1 cm³/mol. The number of nitrogens with zero attached hydrogens (tertiary/aromatic N) is 2. The highest BCUT2D eigenvalue weighted by atomic mass is 32.1. The molecule has 0 fully saturated rings. The standard InChI is InChI=1S/C13H11N3OS/c14-11(9-5-2-1-3-6-9)13-15-12(16-17-13)10-7-4-8-18-10/h1-8,11H,14H2/t11-/m0/s1. The van der Waals surface area contributed by atoms with Gasteiger partial charge in [-0.1, -0.05) is 41.6 Å². The van der Waals surface area contributed by atoms with Crippen LogP contribution < -0.4 is 5.73 Å². The van der Waals surface area contributed by atoms with E-state index < -0.39 is 0 Å². The summed E-state index contributed by atoms with van der Waals surface area (Å²) in [6, 6.07) is 13.2. The maximum Gasteiger partial charge on any atom is 0.248 e. The largest absolute Gasteiger partial charge is 0.337 e. The molecule has 0 aliphatic rings. The molecule has 1 atom stereocenters. The smallest absolute Gasteiger partial charge is 0.248 e. The lowest BCUT2D eigenvalue weighted by Crippen LogP contribution is -2.11. The molecule has 3 rings (SSSR count). The molecule has 0 aliphatic carbocycles. The fourth-order valence-corrected chi connectivity index (χ4v) is 2.32. The van der Waals surface area contributed by atoms with Crippen molar-refractivity contribution in [2.45, 2.75) is 6.04 Å². The van der Waals surface area contributed by atoms with Crippen LogP contribution in [0.5, 0.6) is 0 Å². The van der Waals surface area contributed by atoms with Crippen LogP contribution in [-0.4, -0.2) is 10.1 Å². The van der Waals surface area contributed by atoms with E-state index in [1.807, 2.05) is 47.8 Å². The van der Waals surface area contributed by atoms with Gasteiger partial charge < -0.3 is 10.3 Å². The molecule has 18 heavy (non-hydrogen) atoms. The number of hydrogen-bond acceptors (Lipinski definition) is 5. The summed E-state index contributed by atoms with van der Waals surface area (Å²) in [5.74, 6) is 1.02. The molecule has 0 radical (unpaired) electrons. The van der Waals surface area contributed by atoms with Gasteiger partial charge in [-0.3, -0.25) is 0 Å². The van der Waals surface area contributed by atoms with Crippen molar-refractivity contribution in [3.63, 3.8) is 0 Å². The molecular formula is C13H11N3OS. The minimum Gasteiger partial charge on any atom is -0.337 e. The van der Waals surface area contributed by atoms with Crippen LogP contribution in [0.3, 0.4) is 0 Å². The number of benzene rings is 1. The highest BCUT2D eigenvalue weighted by Crippen LogP contribution is 2.24. The van der Waals surface area contributed by atoms with Gasteiger partial charge in [0.25, 0.3) is 0 Å². The van der Waals surface area contributed by atoms with Crippen molar-refractivity contribution in [1.29, 1.82) is 0 Å². The first kappa shape index (κ1) is 11.1. The van der Waals surface area contributed by atoms with Gasteiger partial charge in [0, 0.05) is 0 Å². The molecule has 0 bridgehead atoms. The molecule has 2 heterocycles. The highest BCUT2D eigenvalue weighted by molar-refractivity contribution is 7.13. The van der Waals surface area contributed by atoms with Crippen molar-refractivity contribution in [3.8, 4) is 10.7 Å². The molecule has 90 valence electrons. The maximum absolute atomic E-state index is 6.09. The van der Waals surface area contributed by atoms with Crippen LogP contribution in [0.15, 0.2) is 52.4 Å². The average Bonchev–Trinajstić information content (AvgIpc) is 3.09. The Morgan fingerprint density at radius 2 is 1.94 bits per heavy atom. The molecule has 5 heteroatoms. The van der Waals surface area contributed by atoms with Gasteiger partial charge in [0.05, 0.1) is 4.88 Å². The van der Waals surface area contributed by atoms with Gasteiger partial charge >= 0.3 is 0 Å². The number of thiophene rings is 1. The van der Waals surface area contributed by atoms with Crippen LogP contribution >= 0.6 is 11.3 Å². The molecule has 0 saturated carbocycles. The van der Waals surface area contributed by atoms with Crippen molar-refractivity contribution in [1.82, 2.24) is 10.1 Å². The Bertz CT molecular complexity index is 619. The van der Waals surface area contributed by atoms with Crippen molar-refractivity contribution < 1.29 is 4.52 Å². The Balaban J connectivity index is 1.90. The molecule has 0 unspecified atom stereocenters. The summed E-state index contributed by atoms with van der Waals surface area (Å²) in [7, 11) is 0. The molecule has 0 saturated heterocycles. The molecule has 0 aliphatic heterocycles. The Morgan fingerprint density at radius 1 is 1.11 bits per heavy atom. The molecule has 2 aromatic heterocycles. The van der Waals surface area contributed by atoms with Gasteiger partial charge in [-0.05, 0) is 17.0 Å². The van der Waals surface area contributed by atoms with Crippen molar-refractivity contribution in [3.05, 3.63) is 59.3 Å². The summed E-state index contributed by atoms with van der Waals surface area (Å²) < 4.78 is 5.23. The van der Waals surface area contributed by atoms with E-state index in [-0.39, 0.29) is 6.04 Å². The Kier molecular flexibility index (Phi) is 2.92. The van der Waals surface area contributed by atoms with Gasteiger partial charge in [0.2, 0.25) is 11.7 Å². The van der Waals surface area contributed by atoms with Crippen LogP contribution in [0.1, 0.15) is 17.5 Å². The topological polar surface area (TPSA) is 64.9 Å². The van der Waals surface area contributed by atoms with Crippen LogP contribution in [0.4, 0.5) is 0 Å². The second-order valence-electron chi connectivity index (χ2n) is 3.82. The molecular weight excluding hydrogens is 246 g/mol. The van der Waals surface area contributed by atoms with Gasteiger partial charge in [0.1, 0.15) is 6.04 Å². The van der Waals surface area contributed by atoms with E-state index in [1.54, 1.807) is 11.3 Å². The first-order valence-corrected chi connectivity index (χ1v) is 6.40. The van der Waals surface area contributed by atoms with E-state index in [4.69, 9.17) is 10.3 Å².